The Kier molecular flexibility index (Phi) is 11.1. The van der Waals surface area contributed by atoms with E-state index in [9.17, 15) is 0 Å². The van der Waals surface area contributed by atoms with Crippen LogP contribution in [0.25, 0.3) is 0 Å². The van der Waals surface area contributed by atoms with Crippen molar-refractivity contribution in [3.05, 3.63) is 108 Å². The molecular formula is C29H38O5Si. The zero-order valence-corrected chi connectivity index (χ0v) is 22.2. The Morgan fingerprint density at radius 1 is 0.571 bits per heavy atom. The molecule has 0 amide bonds. The van der Waals surface area contributed by atoms with Crippen molar-refractivity contribution >= 4 is 8.56 Å². The Hall–Kier alpha value is -2.32. The summed E-state index contributed by atoms with van der Waals surface area (Å²) >= 11 is 0. The largest absolute Gasteiger partial charge is 0.404 e. The topological polar surface area (TPSA) is 46.2 Å². The highest BCUT2D eigenvalue weighted by Crippen LogP contribution is 2.30. The van der Waals surface area contributed by atoms with E-state index in [4.69, 9.17) is 23.1 Å². The van der Waals surface area contributed by atoms with Gasteiger partial charge in [-0.05, 0) is 43.9 Å². The molecule has 0 heterocycles. The van der Waals surface area contributed by atoms with Crippen LogP contribution in [-0.2, 0) is 41.6 Å². The van der Waals surface area contributed by atoms with Crippen molar-refractivity contribution in [3.8, 4) is 0 Å². The SMILES string of the molecule is CCOC(OCC)(OCC)O[Si](Cc1ccccc1)(Cc1ccccc1)OCCc1ccccc1. The van der Waals surface area contributed by atoms with Crippen molar-refractivity contribution in [2.75, 3.05) is 26.4 Å². The Morgan fingerprint density at radius 2 is 0.971 bits per heavy atom. The van der Waals surface area contributed by atoms with Gasteiger partial charge in [-0.1, -0.05) is 91.0 Å². The minimum Gasteiger partial charge on any atom is -0.393 e. The highest BCUT2D eigenvalue weighted by molar-refractivity contribution is 6.66. The molecule has 35 heavy (non-hydrogen) atoms. The van der Waals surface area contributed by atoms with E-state index >= 15 is 0 Å². The summed E-state index contributed by atoms with van der Waals surface area (Å²) in [7, 11) is -3.05. The highest BCUT2D eigenvalue weighted by atomic mass is 28.4. The van der Waals surface area contributed by atoms with Crippen LogP contribution in [0.15, 0.2) is 91.0 Å². The van der Waals surface area contributed by atoms with E-state index in [1.165, 1.54) is 5.56 Å². The molecule has 0 aliphatic carbocycles. The molecule has 0 unspecified atom stereocenters. The predicted octanol–water partition coefficient (Wildman–Crippen LogP) is 5.99. The van der Waals surface area contributed by atoms with Gasteiger partial charge in [-0.2, -0.15) is 0 Å². The fraction of sp³-hybridized carbons (Fsp3) is 0.379. The van der Waals surface area contributed by atoms with Gasteiger partial charge in [-0.15, -0.1) is 0 Å². The molecule has 0 saturated carbocycles. The van der Waals surface area contributed by atoms with E-state index in [1.54, 1.807) is 0 Å². The Labute approximate surface area is 211 Å². The summed E-state index contributed by atoms with van der Waals surface area (Å²) in [5, 5.41) is 0. The Morgan fingerprint density at radius 3 is 1.37 bits per heavy atom. The third kappa shape index (κ3) is 8.68. The number of ether oxygens (including phenoxy) is 3. The van der Waals surface area contributed by atoms with Gasteiger partial charge in [0.25, 0.3) is 0 Å². The molecule has 3 rings (SSSR count). The zero-order valence-electron chi connectivity index (χ0n) is 21.2. The van der Waals surface area contributed by atoms with Crippen molar-refractivity contribution in [3.63, 3.8) is 0 Å². The molecule has 6 heteroatoms. The molecule has 3 aromatic rings. The van der Waals surface area contributed by atoms with Gasteiger partial charge in [0.05, 0.1) is 19.8 Å². The third-order valence-electron chi connectivity index (χ3n) is 5.51. The van der Waals surface area contributed by atoms with Crippen molar-refractivity contribution in [1.29, 1.82) is 0 Å². The average Bonchev–Trinajstić information content (AvgIpc) is 2.86. The molecule has 0 spiro atoms. The van der Waals surface area contributed by atoms with Crippen LogP contribution in [0, 0.1) is 0 Å². The van der Waals surface area contributed by atoms with Gasteiger partial charge in [0.15, 0.2) is 0 Å². The summed E-state index contributed by atoms with van der Waals surface area (Å²) in [4.78, 5) is 0. The second-order valence-corrected chi connectivity index (χ2v) is 11.2. The van der Waals surface area contributed by atoms with Crippen LogP contribution in [0.1, 0.15) is 37.5 Å². The quantitative estimate of drug-likeness (QED) is 0.181. The average molecular weight is 495 g/mol. The molecule has 0 aliphatic rings. The lowest BCUT2D eigenvalue weighted by Crippen LogP contribution is -2.58. The van der Waals surface area contributed by atoms with E-state index in [-0.39, 0.29) is 0 Å². The van der Waals surface area contributed by atoms with Crippen molar-refractivity contribution < 1.29 is 23.1 Å². The first kappa shape index (κ1) is 27.3. The molecule has 0 atom stereocenters. The van der Waals surface area contributed by atoms with Crippen LogP contribution >= 0.6 is 0 Å². The molecule has 0 aliphatic heterocycles. The first-order valence-electron chi connectivity index (χ1n) is 12.5. The molecular weight excluding hydrogens is 456 g/mol. The lowest BCUT2D eigenvalue weighted by Gasteiger charge is -2.40. The summed E-state index contributed by atoms with van der Waals surface area (Å²) in [5.41, 5.74) is 3.52. The van der Waals surface area contributed by atoms with Gasteiger partial charge >= 0.3 is 14.7 Å². The van der Waals surface area contributed by atoms with Crippen LogP contribution in [0.4, 0.5) is 0 Å². The fourth-order valence-electron chi connectivity index (χ4n) is 4.05. The van der Waals surface area contributed by atoms with Gasteiger partial charge in [-0.25, -0.2) is 0 Å². The normalized spacial score (nSPS) is 12.1. The Balaban J connectivity index is 1.99. The molecule has 0 aromatic heterocycles. The summed E-state index contributed by atoms with van der Waals surface area (Å²) in [6.45, 7) is 7.38. The first-order chi connectivity index (χ1) is 17.1. The van der Waals surface area contributed by atoms with Crippen molar-refractivity contribution in [2.24, 2.45) is 0 Å². The van der Waals surface area contributed by atoms with Crippen LogP contribution in [0.2, 0.25) is 0 Å². The van der Waals surface area contributed by atoms with Gasteiger partial charge in [0, 0.05) is 18.7 Å². The molecule has 0 bridgehead atoms. The molecule has 188 valence electrons. The molecule has 3 aromatic carbocycles. The van der Waals surface area contributed by atoms with Gasteiger partial charge in [-0.3, -0.25) is 0 Å². The predicted molar refractivity (Wildman–Crippen MR) is 141 cm³/mol. The maximum absolute atomic E-state index is 6.84. The zero-order chi connectivity index (χ0) is 24.8. The summed E-state index contributed by atoms with van der Waals surface area (Å²) in [6.07, 6.45) is -0.825. The van der Waals surface area contributed by atoms with E-state index in [0.717, 1.165) is 17.5 Å². The number of benzene rings is 3. The van der Waals surface area contributed by atoms with Gasteiger partial charge < -0.3 is 23.1 Å². The second kappa shape index (κ2) is 14.3. The second-order valence-electron chi connectivity index (χ2n) is 8.22. The molecule has 0 radical (unpaired) electrons. The van der Waals surface area contributed by atoms with Crippen LogP contribution in [-0.4, -0.2) is 41.1 Å². The number of hydrogen-bond acceptors (Lipinski definition) is 5. The standard InChI is InChI=1S/C29H38O5Si/c1-4-30-29(31-5-2,32-6-3)34-35(24-27-18-12-8-13-19-27,25-28-20-14-9-15-21-28)33-23-22-26-16-10-7-11-17-26/h7-21H,4-6,22-25H2,1-3H3. The summed E-state index contributed by atoms with van der Waals surface area (Å²) < 4.78 is 31.6. The number of hydrogen-bond donors (Lipinski definition) is 0. The number of rotatable bonds is 16. The smallest absolute Gasteiger partial charge is 0.393 e. The van der Waals surface area contributed by atoms with Crippen molar-refractivity contribution in [1.82, 2.24) is 0 Å². The summed E-state index contributed by atoms with van der Waals surface area (Å²) in [6, 6.07) is 32.3. The van der Waals surface area contributed by atoms with Gasteiger partial charge in [0.1, 0.15) is 0 Å². The Bertz CT molecular complexity index is 894. The maximum Gasteiger partial charge on any atom is 0.404 e. The molecule has 0 N–H and O–H groups in total. The lowest BCUT2D eigenvalue weighted by molar-refractivity contribution is -0.475. The first-order valence-corrected chi connectivity index (χ1v) is 14.7. The fourth-order valence-corrected chi connectivity index (χ4v) is 7.41. The monoisotopic (exact) mass is 494 g/mol. The van der Waals surface area contributed by atoms with E-state index in [1.807, 2.05) is 63.2 Å². The van der Waals surface area contributed by atoms with E-state index in [2.05, 4.69) is 48.5 Å². The van der Waals surface area contributed by atoms with Crippen LogP contribution in [0.5, 0.6) is 0 Å². The van der Waals surface area contributed by atoms with Gasteiger partial charge in [0.2, 0.25) is 0 Å². The summed E-state index contributed by atoms with van der Waals surface area (Å²) in [5.74, 6) is 0. The van der Waals surface area contributed by atoms with E-state index < -0.39 is 14.7 Å². The lowest BCUT2D eigenvalue weighted by atomic mass is 10.2. The van der Waals surface area contributed by atoms with Crippen LogP contribution < -0.4 is 0 Å². The third-order valence-corrected chi connectivity index (χ3v) is 8.75. The van der Waals surface area contributed by atoms with Crippen molar-refractivity contribution in [2.45, 2.75) is 45.4 Å². The minimum atomic E-state index is -3.05. The minimum absolute atomic E-state index is 0.380. The molecule has 5 nitrogen and oxygen atoms in total. The molecule has 0 fully saturated rings. The maximum atomic E-state index is 6.84. The molecule has 0 saturated heterocycles. The van der Waals surface area contributed by atoms with E-state index in [0.29, 0.717) is 38.5 Å². The highest BCUT2D eigenvalue weighted by Gasteiger charge is 2.49. The van der Waals surface area contributed by atoms with Crippen LogP contribution in [0.3, 0.4) is 0 Å².